The van der Waals surface area contributed by atoms with Gasteiger partial charge in [0.2, 0.25) is 0 Å². The van der Waals surface area contributed by atoms with Crippen molar-refractivity contribution in [2.45, 2.75) is 58.4 Å². The molecule has 0 aromatic rings. The number of hydrogen-bond acceptors (Lipinski definition) is 2. The number of urea groups is 1. The highest BCUT2D eigenvalue weighted by molar-refractivity contribution is 5.78. The van der Waals surface area contributed by atoms with Gasteiger partial charge in [0, 0.05) is 19.1 Å². The van der Waals surface area contributed by atoms with Crippen molar-refractivity contribution in [1.29, 1.82) is 0 Å². The van der Waals surface area contributed by atoms with Crippen molar-refractivity contribution in [2.75, 3.05) is 13.1 Å². The van der Waals surface area contributed by atoms with Crippen molar-refractivity contribution in [1.82, 2.24) is 10.2 Å². The topological polar surface area (TPSA) is 69.6 Å². The number of rotatable bonds is 5. The van der Waals surface area contributed by atoms with E-state index in [9.17, 15) is 14.7 Å². The maximum atomic E-state index is 12.3. The summed E-state index contributed by atoms with van der Waals surface area (Å²) in [5.41, 5.74) is -0.829. The average molecular weight is 282 g/mol. The molecule has 0 aromatic heterocycles. The monoisotopic (exact) mass is 282 g/mol. The lowest BCUT2D eigenvalue weighted by molar-refractivity contribution is -0.149. The SMILES string of the molecule is CCC(CC)(CNC(=O)N1CCC2CCCC21)C(=O)O. The molecule has 2 fully saturated rings. The Hall–Kier alpha value is -1.26. The van der Waals surface area contributed by atoms with Crippen LogP contribution < -0.4 is 5.32 Å². The summed E-state index contributed by atoms with van der Waals surface area (Å²) < 4.78 is 0. The molecule has 20 heavy (non-hydrogen) atoms. The van der Waals surface area contributed by atoms with Crippen molar-refractivity contribution in [3.8, 4) is 0 Å². The predicted molar refractivity (Wildman–Crippen MR) is 76.5 cm³/mol. The van der Waals surface area contributed by atoms with E-state index in [1.807, 2.05) is 18.7 Å². The molecular formula is C15H26N2O3. The Labute approximate surface area is 120 Å². The minimum absolute atomic E-state index is 0.0769. The summed E-state index contributed by atoms with van der Waals surface area (Å²) in [5.74, 6) is -0.148. The van der Waals surface area contributed by atoms with Crippen molar-refractivity contribution in [2.24, 2.45) is 11.3 Å². The molecule has 2 unspecified atom stereocenters. The van der Waals surface area contributed by atoms with Crippen LogP contribution in [-0.4, -0.2) is 41.1 Å². The maximum Gasteiger partial charge on any atom is 0.317 e. The largest absolute Gasteiger partial charge is 0.481 e. The zero-order valence-electron chi connectivity index (χ0n) is 12.5. The fraction of sp³-hybridized carbons (Fsp3) is 0.867. The molecule has 1 aliphatic heterocycles. The molecule has 1 aliphatic carbocycles. The Morgan fingerprint density at radius 3 is 2.55 bits per heavy atom. The van der Waals surface area contributed by atoms with Crippen LogP contribution in [0.3, 0.4) is 0 Å². The van der Waals surface area contributed by atoms with Crippen molar-refractivity contribution < 1.29 is 14.7 Å². The minimum Gasteiger partial charge on any atom is -0.481 e. The summed E-state index contributed by atoms with van der Waals surface area (Å²) in [6.45, 7) is 4.78. The number of carbonyl (C=O) groups excluding carboxylic acids is 1. The molecule has 1 saturated carbocycles. The maximum absolute atomic E-state index is 12.3. The van der Waals surface area contributed by atoms with Crippen molar-refractivity contribution in [3.05, 3.63) is 0 Å². The van der Waals surface area contributed by atoms with Crippen LogP contribution in [0.4, 0.5) is 4.79 Å². The third-order valence-corrected chi connectivity index (χ3v) is 5.41. The molecular weight excluding hydrogens is 256 g/mol. The van der Waals surface area contributed by atoms with Crippen molar-refractivity contribution >= 4 is 12.0 Å². The molecule has 0 aromatic carbocycles. The standard InChI is InChI=1S/C15H26N2O3/c1-3-15(4-2,13(18)19)10-16-14(20)17-9-8-11-6-5-7-12(11)17/h11-12H,3-10H2,1-2H3,(H,16,20)(H,18,19). The van der Waals surface area contributed by atoms with E-state index in [0.29, 0.717) is 24.8 Å². The normalized spacial score (nSPS) is 25.6. The molecule has 2 atom stereocenters. The van der Waals surface area contributed by atoms with E-state index in [0.717, 1.165) is 19.4 Å². The number of carboxylic acid groups (broad SMARTS) is 1. The van der Waals surface area contributed by atoms with Gasteiger partial charge in [-0.15, -0.1) is 0 Å². The van der Waals surface area contributed by atoms with Gasteiger partial charge >= 0.3 is 12.0 Å². The van der Waals surface area contributed by atoms with Gasteiger partial charge in [-0.1, -0.05) is 20.3 Å². The first kappa shape index (κ1) is 15.1. The summed E-state index contributed by atoms with van der Waals surface area (Å²) in [7, 11) is 0. The van der Waals surface area contributed by atoms with Gasteiger partial charge < -0.3 is 15.3 Å². The summed E-state index contributed by atoms with van der Waals surface area (Å²) in [5, 5.41) is 12.3. The van der Waals surface area contributed by atoms with Gasteiger partial charge in [0.1, 0.15) is 0 Å². The third-order valence-electron chi connectivity index (χ3n) is 5.41. The number of aliphatic carboxylic acids is 1. The van der Waals surface area contributed by atoms with Gasteiger partial charge in [-0.3, -0.25) is 4.79 Å². The number of fused-ring (bicyclic) bond motifs is 1. The van der Waals surface area contributed by atoms with Gasteiger partial charge in [-0.25, -0.2) is 4.79 Å². The van der Waals surface area contributed by atoms with E-state index in [1.54, 1.807) is 0 Å². The zero-order valence-corrected chi connectivity index (χ0v) is 12.5. The average Bonchev–Trinajstić information content (AvgIpc) is 3.02. The van der Waals surface area contributed by atoms with E-state index in [1.165, 1.54) is 12.8 Å². The van der Waals surface area contributed by atoms with Gasteiger partial charge in [-0.05, 0) is 38.0 Å². The fourth-order valence-electron chi connectivity index (χ4n) is 3.71. The quantitative estimate of drug-likeness (QED) is 0.813. The Kier molecular flexibility index (Phi) is 4.55. The number of nitrogens with one attached hydrogen (secondary N) is 1. The van der Waals surface area contributed by atoms with E-state index in [4.69, 9.17) is 0 Å². The smallest absolute Gasteiger partial charge is 0.317 e. The second-order valence-electron chi connectivity index (χ2n) is 6.19. The minimum atomic E-state index is -0.829. The number of nitrogens with zero attached hydrogens (tertiary/aromatic N) is 1. The highest BCUT2D eigenvalue weighted by Gasteiger charge is 2.41. The zero-order chi connectivity index (χ0) is 14.8. The van der Waals surface area contributed by atoms with Crippen LogP contribution in [0.1, 0.15) is 52.4 Å². The lowest BCUT2D eigenvalue weighted by Crippen LogP contribution is -2.48. The summed E-state index contributed by atoms with van der Waals surface area (Å²) in [6.07, 6.45) is 5.71. The molecule has 1 saturated heterocycles. The fourth-order valence-corrected chi connectivity index (χ4v) is 3.71. The Bertz CT molecular complexity index is 379. The summed E-state index contributed by atoms with van der Waals surface area (Å²) >= 11 is 0. The molecule has 2 amide bonds. The van der Waals surface area contributed by atoms with Crippen LogP contribution in [0.25, 0.3) is 0 Å². The van der Waals surface area contributed by atoms with Gasteiger partial charge in [0.25, 0.3) is 0 Å². The number of likely N-dealkylation sites (tertiary alicyclic amines) is 1. The number of amides is 2. The molecule has 114 valence electrons. The number of carboxylic acids is 1. The highest BCUT2D eigenvalue weighted by atomic mass is 16.4. The summed E-state index contributed by atoms with van der Waals surface area (Å²) in [4.78, 5) is 25.7. The molecule has 2 aliphatic rings. The van der Waals surface area contributed by atoms with E-state index >= 15 is 0 Å². The van der Waals surface area contributed by atoms with Crippen LogP contribution in [0.2, 0.25) is 0 Å². The van der Waals surface area contributed by atoms with Gasteiger partial charge in [0.15, 0.2) is 0 Å². The first-order chi connectivity index (χ1) is 9.54. The van der Waals surface area contributed by atoms with Crippen LogP contribution in [-0.2, 0) is 4.79 Å². The second-order valence-corrected chi connectivity index (χ2v) is 6.19. The molecule has 0 bridgehead atoms. The van der Waals surface area contributed by atoms with Crippen LogP contribution in [0.15, 0.2) is 0 Å². The van der Waals surface area contributed by atoms with E-state index < -0.39 is 11.4 Å². The van der Waals surface area contributed by atoms with Gasteiger partial charge in [-0.2, -0.15) is 0 Å². The lowest BCUT2D eigenvalue weighted by Gasteiger charge is -2.30. The lowest BCUT2D eigenvalue weighted by atomic mass is 9.82. The van der Waals surface area contributed by atoms with E-state index in [-0.39, 0.29) is 12.6 Å². The molecule has 0 spiro atoms. The first-order valence-electron chi connectivity index (χ1n) is 7.82. The Balaban J connectivity index is 1.93. The molecule has 5 heteroatoms. The Morgan fingerprint density at radius 1 is 1.25 bits per heavy atom. The molecule has 1 heterocycles. The first-order valence-corrected chi connectivity index (χ1v) is 7.82. The summed E-state index contributed by atoms with van der Waals surface area (Å²) in [6, 6.07) is 0.310. The number of hydrogen-bond donors (Lipinski definition) is 2. The molecule has 5 nitrogen and oxygen atoms in total. The van der Waals surface area contributed by atoms with E-state index in [2.05, 4.69) is 5.32 Å². The molecule has 2 N–H and O–H groups in total. The van der Waals surface area contributed by atoms with Crippen LogP contribution in [0.5, 0.6) is 0 Å². The number of carbonyl (C=O) groups is 2. The molecule has 0 radical (unpaired) electrons. The molecule has 2 rings (SSSR count). The van der Waals surface area contributed by atoms with Crippen LogP contribution >= 0.6 is 0 Å². The van der Waals surface area contributed by atoms with Crippen LogP contribution in [0, 0.1) is 11.3 Å². The third kappa shape index (κ3) is 2.63. The Morgan fingerprint density at radius 2 is 1.95 bits per heavy atom. The predicted octanol–water partition coefficient (Wildman–Crippen LogP) is 2.46. The van der Waals surface area contributed by atoms with Crippen molar-refractivity contribution in [3.63, 3.8) is 0 Å². The highest BCUT2D eigenvalue weighted by Crippen LogP contribution is 2.37. The second kappa shape index (κ2) is 6.02. The van der Waals surface area contributed by atoms with Gasteiger partial charge in [0.05, 0.1) is 5.41 Å².